The zero-order valence-electron chi connectivity index (χ0n) is 40.3. The second-order valence-corrected chi connectivity index (χ2v) is 19.4. The van der Waals surface area contributed by atoms with Gasteiger partial charge in [0.05, 0.1) is 42.6 Å². The average molecular weight is 881 g/mol. The molecule has 65 heavy (non-hydrogen) atoms. The van der Waals surface area contributed by atoms with Crippen LogP contribution in [-0.2, 0) is 5.41 Å². The highest BCUT2D eigenvalue weighted by molar-refractivity contribution is 5.90. The lowest BCUT2D eigenvalue weighted by molar-refractivity contribution is 0.0530. The minimum atomic E-state index is -0.488. The van der Waals surface area contributed by atoms with E-state index < -0.39 is 5.41 Å². The number of nitrogens with zero attached hydrogens (tertiary/aromatic N) is 5. The Morgan fingerprint density at radius 1 is 0.769 bits per heavy atom. The summed E-state index contributed by atoms with van der Waals surface area (Å²) in [6.45, 7) is 16.8. The predicted molar refractivity (Wildman–Crippen MR) is 264 cm³/mol. The molecular weight excluding hydrogens is 809 g/mol. The van der Waals surface area contributed by atoms with Crippen molar-refractivity contribution in [1.82, 2.24) is 30.4 Å². The van der Waals surface area contributed by atoms with Crippen LogP contribution in [0.25, 0.3) is 32.6 Å². The number of pyridine rings is 2. The standard InChI is InChI=1S/C55H72N6O4/c1-10-37-29-52(61(7)32-38(37)11-2)48(43-24-27-57-50-21-19-40(62-8)30-46(43)50)33-64-53-44-15-13-14-16-45(44)54(60-59-53)65-34-55(6,36(5)56-26-23-35(4)42(12-3)39-17-18-39)49-25-28-58-51-22-20-41(63-9)31-47(49)51/h13-16,19-22,24-25,27-28,30-31,35-39,42,48,52,56H,10-12,17-18,23,26,29,32-34H2,1-9H3/t35?,36-,37?,38?,42?,48+,52-,55-/m0/s1. The number of methoxy groups -OCH3 is 2. The summed E-state index contributed by atoms with van der Waals surface area (Å²) in [5.74, 6) is 6.34. The van der Waals surface area contributed by atoms with Crippen molar-refractivity contribution in [3.8, 4) is 23.3 Å². The van der Waals surface area contributed by atoms with E-state index in [1.165, 1.54) is 31.2 Å². The van der Waals surface area contributed by atoms with Gasteiger partial charge in [0.15, 0.2) is 0 Å². The summed E-state index contributed by atoms with van der Waals surface area (Å²) in [4.78, 5) is 12.1. The summed E-state index contributed by atoms with van der Waals surface area (Å²) in [5.41, 5.74) is 3.73. The number of likely N-dealkylation sites (tertiary alicyclic amines) is 1. The normalized spacial score (nSPS) is 20.8. The molecule has 0 bridgehead atoms. The molecule has 1 aliphatic carbocycles. The monoisotopic (exact) mass is 881 g/mol. The zero-order valence-corrected chi connectivity index (χ0v) is 40.3. The van der Waals surface area contributed by atoms with Gasteiger partial charge in [0.1, 0.15) is 18.1 Å². The van der Waals surface area contributed by atoms with Crippen LogP contribution in [0.15, 0.2) is 85.2 Å². The van der Waals surface area contributed by atoms with Crippen molar-refractivity contribution in [2.24, 2.45) is 29.6 Å². The highest BCUT2D eigenvalue weighted by Crippen LogP contribution is 2.44. The minimum absolute atomic E-state index is 0.0361. The van der Waals surface area contributed by atoms with E-state index in [2.05, 4.69) is 95.2 Å². The lowest BCUT2D eigenvalue weighted by Crippen LogP contribution is -2.49. The van der Waals surface area contributed by atoms with E-state index in [0.29, 0.717) is 42.7 Å². The molecule has 8 rings (SSSR count). The first-order valence-electron chi connectivity index (χ1n) is 24.4. The number of fused-ring (bicyclic) bond motifs is 3. The Kier molecular flexibility index (Phi) is 14.7. The molecule has 4 heterocycles. The molecule has 10 heteroatoms. The Hall–Kier alpha value is -5.06. The molecule has 2 fully saturated rings. The van der Waals surface area contributed by atoms with E-state index in [9.17, 15) is 0 Å². The fourth-order valence-corrected chi connectivity index (χ4v) is 11.3. The van der Waals surface area contributed by atoms with Gasteiger partial charge in [-0.15, -0.1) is 10.2 Å². The SMILES string of the molecule is CCC1C[C@@H]([C@H](COc2nnc(OC[C@](C)(c3ccnc4ccc(OC)cc34)[C@H](C)NCCC(C)C(CC)C3CC3)c3ccccc23)c2ccnc3ccc(OC)cc23)N(C)CC1CC. The Labute approximate surface area is 387 Å². The quantitative estimate of drug-likeness (QED) is 0.0751. The Balaban J connectivity index is 1.09. The lowest BCUT2D eigenvalue weighted by atomic mass is 9.74. The first-order valence-corrected chi connectivity index (χ1v) is 24.4. The Bertz CT molecular complexity index is 2530. The molecule has 10 nitrogen and oxygen atoms in total. The summed E-state index contributed by atoms with van der Waals surface area (Å²) >= 11 is 0. The average Bonchev–Trinajstić information content (AvgIpc) is 4.18. The summed E-state index contributed by atoms with van der Waals surface area (Å²) in [5, 5.41) is 17.4. The molecule has 1 saturated carbocycles. The molecule has 0 spiro atoms. The van der Waals surface area contributed by atoms with Crippen molar-refractivity contribution in [2.75, 3.05) is 47.6 Å². The number of nitrogens with one attached hydrogen (secondary N) is 1. The number of likely N-dealkylation sites (N-methyl/N-ethyl adjacent to an activating group) is 1. The number of rotatable bonds is 21. The third-order valence-electron chi connectivity index (χ3n) is 15.7. The van der Waals surface area contributed by atoms with Crippen LogP contribution in [0.2, 0.25) is 0 Å². The van der Waals surface area contributed by atoms with Crippen molar-refractivity contribution >= 4 is 32.6 Å². The lowest BCUT2D eigenvalue weighted by Gasteiger charge is -2.45. The van der Waals surface area contributed by atoms with Crippen LogP contribution >= 0.6 is 0 Å². The Morgan fingerprint density at radius 2 is 1.40 bits per heavy atom. The summed E-state index contributed by atoms with van der Waals surface area (Å²) in [6, 6.07) is 25.1. The molecule has 6 aromatic rings. The molecule has 0 radical (unpaired) electrons. The van der Waals surface area contributed by atoms with Gasteiger partial charge < -0.3 is 29.2 Å². The maximum atomic E-state index is 6.92. The molecule has 1 aliphatic heterocycles. The molecule has 4 unspecified atom stereocenters. The molecule has 8 atom stereocenters. The fraction of sp³-hybridized carbons (Fsp3) is 0.527. The maximum absolute atomic E-state index is 6.92. The van der Waals surface area contributed by atoms with Gasteiger partial charge in [-0.2, -0.15) is 0 Å². The van der Waals surface area contributed by atoms with Crippen LogP contribution in [0.5, 0.6) is 23.3 Å². The van der Waals surface area contributed by atoms with E-state index in [0.717, 1.165) is 93.8 Å². The van der Waals surface area contributed by atoms with E-state index in [-0.39, 0.29) is 18.0 Å². The first kappa shape index (κ1) is 46.5. The van der Waals surface area contributed by atoms with Crippen molar-refractivity contribution in [3.05, 3.63) is 96.3 Å². The third kappa shape index (κ3) is 9.90. The third-order valence-corrected chi connectivity index (χ3v) is 15.7. The van der Waals surface area contributed by atoms with Crippen LogP contribution in [-0.4, -0.2) is 84.7 Å². The van der Waals surface area contributed by atoms with E-state index in [4.69, 9.17) is 39.1 Å². The van der Waals surface area contributed by atoms with Gasteiger partial charge >= 0.3 is 0 Å². The smallest absolute Gasteiger partial charge is 0.241 e. The van der Waals surface area contributed by atoms with Gasteiger partial charge in [-0.3, -0.25) is 9.97 Å². The van der Waals surface area contributed by atoms with E-state index in [1.54, 1.807) is 14.2 Å². The highest BCUT2D eigenvalue weighted by Gasteiger charge is 2.39. The number of hydrogen-bond acceptors (Lipinski definition) is 10. The van der Waals surface area contributed by atoms with Gasteiger partial charge in [-0.25, -0.2) is 0 Å². The predicted octanol–water partition coefficient (Wildman–Crippen LogP) is 11.4. The molecule has 2 aliphatic rings. The number of ether oxygens (including phenoxy) is 4. The summed E-state index contributed by atoms with van der Waals surface area (Å²) < 4.78 is 25.3. The fourth-order valence-electron chi connectivity index (χ4n) is 11.3. The molecule has 0 amide bonds. The van der Waals surface area contributed by atoms with Gasteiger partial charge in [-0.1, -0.05) is 66.0 Å². The molecule has 3 aromatic heterocycles. The second-order valence-electron chi connectivity index (χ2n) is 19.4. The van der Waals surface area contributed by atoms with Crippen molar-refractivity contribution < 1.29 is 18.9 Å². The maximum Gasteiger partial charge on any atom is 0.241 e. The second kappa shape index (κ2) is 20.6. The van der Waals surface area contributed by atoms with Crippen LogP contribution in [0.1, 0.15) is 104 Å². The molecule has 1 N–H and O–H groups in total. The molecule has 1 saturated heterocycles. The minimum Gasteiger partial charge on any atom is -0.497 e. The first-order chi connectivity index (χ1) is 31.6. The van der Waals surface area contributed by atoms with Crippen molar-refractivity contribution in [3.63, 3.8) is 0 Å². The van der Waals surface area contributed by atoms with Crippen molar-refractivity contribution in [2.45, 2.75) is 110 Å². The number of benzene rings is 3. The largest absolute Gasteiger partial charge is 0.497 e. The molecule has 3 aromatic carbocycles. The van der Waals surface area contributed by atoms with Crippen LogP contribution < -0.4 is 24.3 Å². The van der Waals surface area contributed by atoms with E-state index in [1.807, 2.05) is 48.8 Å². The topological polar surface area (TPSA) is 104 Å². The molecule has 346 valence electrons. The molecular formula is C55H72N6O4. The summed E-state index contributed by atoms with van der Waals surface area (Å²) in [7, 11) is 5.71. The van der Waals surface area contributed by atoms with E-state index >= 15 is 0 Å². The van der Waals surface area contributed by atoms with Gasteiger partial charge in [0.2, 0.25) is 11.8 Å². The highest BCUT2D eigenvalue weighted by atomic mass is 16.5. The summed E-state index contributed by atoms with van der Waals surface area (Å²) in [6.07, 6.45) is 12.5. The van der Waals surface area contributed by atoms with Crippen molar-refractivity contribution in [1.29, 1.82) is 0 Å². The number of aromatic nitrogens is 4. The van der Waals surface area contributed by atoms with Crippen LogP contribution in [0.4, 0.5) is 0 Å². The Morgan fingerprint density at radius 3 is 2.03 bits per heavy atom. The van der Waals surface area contributed by atoms with Crippen LogP contribution in [0, 0.1) is 29.6 Å². The van der Waals surface area contributed by atoms with Gasteiger partial charge in [0, 0.05) is 53.1 Å². The van der Waals surface area contributed by atoms with Gasteiger partial charge in [0.25, 0.3) is 0 Å². The van der Waals surface area contributed by atoms with Gasteiger partial charge in [-0.05, 0) is 148 Å². The van der Waals surface area contributed by atoms with Crippen LogP contribution in [0.3, 0.4) is 0 Å². The zero-order chi connectivity index (χ0) is 45.7. The number of hydrogen-bond donors (Lipinski definition) is 1. The number of piperidine rings is 1.